The molecule has 0 unspecified atom stereocenters. The van der Waals surface area contributed by atoms with Gasteiger partial charge >= 0.3 is 0 Å². The van der Waals surface area contributed by atoms with E-state index in [1.165, 1.54) is 5.56 Å². The van der Waals surface area contributed by atoms with Gasteiger partial charge < -0.3 is 15.8 Å². The molecule has 1 aliphatic rings. The molecule has 0 radical (unpaired) electrons. The van der Waals surface area contributed by atoms with Crippen molar-refractivity contribution in [3.8, 4) is 0 Å². The Balaban J connectivity index is 0.00000312. The number of hydrogen-bond donors (Lipinski definition) is 2. The lowest BCUT2D eigenvalue weighted by molar-refractivity contribution is 0.00535. The molecule has 1 heterocycles. The SMILES string of the molecule is CCCN=C(N)NCCCOC1CCN(Cc2ccccc2)CC1.I. The Kier molecular flexibility index (Phi) is 11.9. The molecule has 1 aromatic carbocycles. The van der Waals surface area contributed by atoms with Crippen LogP contribution in [0.5, 0.6) is 0 Å². The van der Waals surface area contributed by atoms with E-state index in [1.54, 1.807) is 0 Å². The quantitative estimate of drug-likeness (QED) is 0.258. The third-order valence-electron chi connectivity index (χ3n) is 4.27. The maximum Gasteiger partial charge on any atom is 0.188 e. The van der Waals surface area contributed by atoms with Crippen molar-refractivity contribution in [3.63, 3.8) is 0 Å². The van der Waals surface area contributed by atoms with Gasteiger partial charge in [0.2, 0.25) is 0 Å². The first-order chi connectivity index (χ1) is 11.8. The molecule has 0 amide bonds. The topological polar surface area (TPSA) is 62.9 Å². The van der Waals surface area contributed by atoms with Crippen LogP contribution < -0.4 is 11.1 Å². The highest BCUT2D eigenvalue weighted by molar-refractivity contribution is 14.0. The highest BCUT2D eigenvalue weighted by atomic mass is 127. The molecule has 1 saturated heterocycles. The molecule has 0 aliphatic carbocycles. The molecule has 3 N–H and O–H groups in total. The van der Waals surface area contributed by atoms with Gasteiger partial charge in [-0.2, -0.15) is 0 Å². The van der Waals surface area contributed by atoms with Gasteiger partial charge in [-0.25, -0.2) is 0 Å². The van der Waals surface area contributed by atoms with Gasteiger partial charge in [-0.3, -0.25) is 9.89 Å². The van der Waals surface area contributed by atoms with Crippen molar-refractivity contribution >= 4 is 29.9 Å². The first-order valence-electron chi connectivity index (χ1n) is 9.19. The van der Waals surface area contributed by atoms with Crippen molar-refractivity contribution in [3.05, 3.63) is 35.9 Å². The molecule has 5 nitrogen and oxygen atoms in total. The van der Waals surface area contributed by atoms with Gasteiger partial charge in [0.15, 0.2) is 5.96 Å². The average molecular weight is 460 g/mol. The number of nitrogens with one attached hydrogen (secondary N) is 1. The molecular formula is C19H33IN4O. The van der Waals surface area contributed by atoms with Gasteiger partial charge in [-0.05, 0) is 31.2 Å². The van der Waals surface area contributed by atoms with Crippen LogP contribution in [-0.4, -0.2) is 49.7 Å². The van der Waals surface area contributed by atoms with Gasteiger partial charge in [-0.15, -0.1) is 24.0 Å². The van der Waals surface area contributed by atoms with E-state index in [4.69, 9.17) is 10.5 Å². The fourth-order valence-corrected chi connectivity index (χ4v) is 2.90. The molecule has 25 heavy (non-hydrogen) atoms. The normalized spacial score (nSPS) is 16.4. The summed E-state index contributed by atoms with van der Waals surface area (Å²) in [6.45, 7) is 7.78. The third kappa shape index (κ3) is 9.42. The summed E-state index contributed by atoms with van der Waals surface area (Å²) >= 11 is 0. The molecule has 0 spiro atoms. The first-order valence-corrected chi connectivity index (χ1v) is 9.19. The predicted octanol–water partition coefficient (Wildman–Crippen LogP) is 2.99. The lowest BCUT2D eigenvalue weighted by atomic mass is 10.1. The summed E-state index contributed by atoms with van der Waals surface area (Å²) < 4.78 is 6.00. The summed E-state index contributed by atoms with van der Waals surface area (Å²) in [6.07, 6.45) is 4.64. The number of hydrogen-bond acceptors (Lipinski definition) is 3. The van der Waals surface area contributed by atoms with Crippen LogP contribution in [-0.2, 0) is 11.3 Å². The molecular weight excluding hydrogens is 427 g/mol. The van der Waals surface area contributed by atoms with E-state index in [0.29, 0.717) is 12.1 Å². The van der Waals surface area contributed by atoms with Crippen molar-refractivity contribution in [2.24, 2.45) is 10.7 Å². The summed E-state index contributed by atoms with van der Waals surface area (Å²) in [5.74, 6) is 0.547. The predicted molar refractivity (Wildman–Crippen MR) is 116 cm³/mol. The first kappa shape index (κ1) is 22.2. The van der Waals surface area contributed by atoms with Crippen molar-refractivity contribution in [2.45, 2.75) is 45.3 Å². The van der Waals surface area contributed by atoms with E-state index < -0.39 is 0 Å². The van der Waals surface area contributed by atoms with E-state index in [9.17, 15) is 0 Å². The highest BCUT2D eigenvalue weighted by Crippen LogP contribution is 2.16. The van der Waals surface area contributed by atoms with Gasteiger partial charge in [0.25, 0.3) is 0 Å². The molecule has 0 aromatic heterocycles. The van der Waals surface area contributed by atoms with E-state index in [2.05, 4.69) is 52.5 Å². The van der Waals surface area contributed by atoms with Crippen molar-refractivity contribution in [1.82, 2.24) is 10.2 Å². The van der Waals surface area contributed by atoms with Crippen LogP contribution in [0.3, 0.4) is 0 Å². The van der Waals surface area contributed by atoms with Crippen LogP contribution in [0.2, 0.25) is 0 Å². The number of piperidine rings is 1. The van der Waals surface area contributed by atoms with E-state index in [0.717, 1.165) is 65.0 Å². The molecule has 1 aromatic rings. The lowest BCUT2D eigenvalue weighted by Crippen LogP contribution is -2.37. The smallest absolute Gasteiger partial charge is 0.188 e. The maximum absolute atomic E-state index is 6.00. The third-order valence-corrected chi connectivity index (χ3v) is 4.27. The number of nitrogens with zero attached hydrogens (tertiary/aromatic N) is 2. The standard InChI is InChI=1S/C19H32N4O.HI/c1-2-11-21-19(20)22-12-6-15-24-18-9-13-23(14-10-18)16-17-7-4-3-5-8-17;/h3-5,7-8,18H,2,6,9-16H2,1H3,(H3,20,21,22);1H. The summed E-state index contributed by atoms with van der Waals surface area (Å²) in [7, 11) is 0. The second-order valence-corrected chi connectivity index (χ2v) is 6.38. The summed E-state index contributed by atoms with van der Waals surface area (Å²) in [5, 5.41) is 3.13. The Hall–Kier alpha value is -0.860. The summed E-state index contributed by atoms with van der Waals surface area (Å²) in [6, 6.07) is 10.7. The fraction of sp³-hybridized carbons (Fsp3) is 0.632. The fourth-order valence-electron chi connectivity index (χ4n) is 2.90. The molecule has 6 heteroatoms. The zero-order valence-electron chi connectivity index (χ0n) is 15.3. The Morgan fingerprint density at radius 3 is 2.68 bits per heavy atom. The van der Waals surface area contributed by atoms with Crippen LogP contribution in [0.15, 0.2) is 35.3 Å². The molecule has 142 valence electrons. The van der Waals surface area contributed by atoms with Crippen LogP contribution >= 0.6 is 24.0 Å². The molecule has 0 saturated carbocycles. The number of likely N-dealkylation sites (tertiary alicyclic amines) is 1. The van der Waals surface area contributed by atoms with Gasteiger partial charge in [-0.1, -0.05) is 37.3 Å². The number of benzene rings is 1. The zero-order valence-corrected chi connectivity index (χ0v) is 17.7. The summed E-state index contributed by atoms with van der Waals surface area (Å²) in [4.78, 5) is 6.73. The maximum atomic E-state index is 6.00. The van der Waals surface area contributed by atoms with Crippen molar-refractivity contribution in [1.29, 1.82) is 0 Å². The van der Waals surface area contributed by atoms with Crippen LogP contribution in [0.4, 0.5) is 0 Å². The van der Waals surface area contributed by atoms with Crippen molar-refractivity contribution < 1.29 is 4.74 Å². The van der Waals surface area contributed by atoms with E-state index in [1.807, 2.05) is 0 Å². The number of ether oxygens (including phenoxy) is 1. The van der Waals surface area contributed by atoms with E-state index in [-0.39, 0.29) is 24.0 Å². The number of guanidine groups is 1. The highest BCUT2D eigenvalue weighted by Gasteiger charge is 2.19. The minimum atomic E-state index is 0. The number of rotatable bonds is 9. The van der Waals surface area contributed by atoms with Crippen LogP contribution in [0, 0.1) is 0 Å². The second kappa shape index (κ2) is 13.4. The van der Waals surface area contributed by atoms with Crippen molar-refractivity contribution in [2.75, 3.05) is 32.8 Å². The Morgan fingerprint density at radius 2 is 2.00 bits per heavy atom. The minimum absolute atomic E-state index is 0. The second-order valence-electron chi connectivity index (χ2n) is 6.38. The zero-order chi connectivity index (χ0) is 17.0. The van der Waals surface area contributed by atoms with Gasteiger partial charge in [0.1, 0.15) is 0 Å². The molecule has 0 atom stereocenters. The van der Waals surface area contributed by atoms with Gasteiger partial charge in [0.05, 0.1) is 6.10 Å². The van der Waals surface area contributed by atoms with E-state index >= 15 is 0 Å². The number of halogens is 1. The molecule has 1 aliphatic heterocycles. The minimum Gasteiger partial charge on any atom is -0.378 e. The monoisotopic (exact) mass is 460 g/mol. The Labute approximate surface area is 169 Å². The van der Waals surface area contributed by atoms with Gasteiger partial charge in [0, 0.05) is 39.3 Å². The summed E-state index contributed by atoms with van der Waals surface area (Å²) in [5.41, 5.74) is 7.15. The number of nitrogens with two attached hydrogens (primary N) is 1. The average Bonchev–Trinajstić information content (AvgIpc) is 2.62. The van der Waals surface area contributed by atoms with Crippen LogP contribution in [0.1, 0.15) is 38.2 Å². The Bertz CT molecular complexity index is 476. The van der Waals surface area contributed by atoms with Crippen LogP contribution in [0.25, 0.3) is 0 Å². The molecule has 0 bridgehead atoms. The largest absolute Gasteiger partial charge is 0.378 e. The molecule has 1 fully saturated rings. The lowest BCUT2D eigenvalue weighted by Gasteiger charge is -2.32. The molecule has 2 rings (SSSR count). The Morgan fingerprint density at radius 1 is 1.28 bits per heavy atom. The number of aliphatic imine (C=N–C) groups is 1.